The van der Waals surface area contributed by atoms with Gasteiger partial charge < -0.3 is 17.2 Å². The van der Waals surface area contributed by atoms with Crippen molar-refractivity contribution >= 4 is 11.6 Å². The Morgan fingerprint density at radius 1 is 1.14 bits per heavy atom. The molecule has 0 aliphatic rings. The number of aromatic nitrogens is 2. The highest BCUT2D eigenvalue weighted by Gasteiger charge is 2.34. The first-order valence-electron chi connectivity index (χ1n) is 8.78. The Kier molecular flexibility index (Phi) is 6.33. The topological polar surface area (TPSA) is 104 Å². The number of nitrogen functional groups attached to an aromatic ring is 1. The van der Waals surface area contributed by atoms with Crippen molar-refractivity contribution in [2.75, 3.05) is 5.73 Å². The zero-order chi connectivity index (χ0) is 21.1. The third-order valence-corrected chi connectivity index (χ3v) is 4.68. The predicted octanol–water partition coefficient (Wildman–Crippen LogP) is 3.77. The molecule has 0 aliphatic carbocycles. The van der Waals surface area contributed by atoms with Crippen molar-refractivity contribution in [1.29, 1.82) is 0 Å². The molecule has 2 aromatic rings. The SMILES string of the molecule is CCCC(C)(/C(N)=C(C)/C=C(\N)c1c(F)cccc1F)c1nc(N)ncc1F. The Bertz CT molecular complexity index is 919. The van der Waals surface area contributed by atoms with Crippen LogP contribution in [0.3, 0.4) is 0 Å². The summed E-state index contributed by atoms with van der Waals surface area (Å²) in [5, 5.41) is 0. The summed E-state index contributed by atoms with van der Waals surface area (Å²) < 4.78 is 42.4. The maximum atomic E-state index is 14.4. The molecule has 2 rings (SSSR count). The lowest BCUT2D eigenvalue weighted by molar-refractivity contribution is 0.444. The lowest BCUT2D eigenvalue weighted by Gasteiger charge is -2.31. The van der Waals surface area contributed by atoms with Crippen molar-refractivity contribution in [3.05, 3.63) is 70.5 Å². The smallest absolute Gasteiger partial charge is 0.220 e. The molecule has 1 aromatic heterocycles. The monoisotopic (exact) mass is 391 g/mol. The quantitative estimate of drug-likeness (QED) is 0.651. The maximum absolute atomic E-state index is 14.4. The van der Waals surface area contributed by atoms with Crippen LogP contribution >= 0.6 is 0 Å². The minimum Gasteiger partial charge on any atom is -0.401 e. The molecular weight excluding hydrogens is 367 g/mol. The van der Waals surface area contributed by atoms with Crippen LogP contribution in [0.2, 0.25) is 0 Å². The molecule has 1 unspecified atom stereocenters. The highest BCUT2D eigenvalue weighted by Crippen LogP contribution is 2.36. The number of benzene rings is 1. The number of nitrogens with two attached hydrogens (primary N) is 3. The van der Waals surface area contributed by atoms with E-state index in [1.54, 1.807) is 13.8 Å². The summed E-state index contributed by atoms with van der Waals surface area (Å²) in [6.07, 6.45) is 3.50. The van der Waals surface area contributed by atoms with E-state index in [-0.39, 0.29) is 28.6 Å². The van der Waals surface area contributed by atoms with E-state index in [0.29, 0.717) is 18.4 Å². The summed E-state index contributed by atoms with van der Waals surface area (Å²) in [6.45, 7) is 5.29. The molecule has 28 heavy (non-hydrogen) atoms. The number of hydrogen-bond donors (Lipinski definition) is 3. The zero-order valence-electron chi connectivity index (χ0n) is 16.1. The number of allylic oxidation sites excluding steroid dienone is 3. The van der Waals surface area contributed by atoms with Gasteiger partial charge in [0.1, 0.15) is 11.6 Å². The Morgan fingerprint density at radius 2 is 1.75 bits per heavy atom. The molecule has 0 spiro atoms. The molecule has 1 heterocycles. The summed E-state index contributed by atoms with van der Waals surface area (Å²) in [6, 6.07) is 3.47. The molecule has 0 bridgehead atoms. The Hall–Kier alpha value is -3.03. The summed E-state index contributed by atoms with van der Waals surface area (Å²) in [7, 11) is 0. The largest absolute Gasteiger partial charge is 0.401 e. The highest BCUT2D eigenvalue weighted by atomic mass is 19.1. The van der Waals surface area contributed by atoms with Gasteiger partial charge in [-0.25, -0.2) is 23.1 Å². The summed E-state index contributed by atoms with van der Waals surface area (Å²) in [4.78, 5) is 7.68. The van der Waals surface area contributed by atoms with Crippen molar-refractivity contribution in [3.8, 4) is 0 Å². The zero-order valence-corrected chi connectivity index (χ0v) is 16.1. The normalized spacial score (nSPS) is 15.1. The van der Waals surface area contributed by atoms with Crippen LogP contribution < -0.4 is 17.2 Å². The van der Waals surface area contributed by atoms with Gasteiger partial charge >= 0.3 is 0 Å². The lowest BCUT2D eigenvalue weighted by Crippen LogP contribution is -2.33. The minimum absolute atomic E-state index is 0.0581. The van der Waals surface area contributed by atoms with E-state index in [0.717, 1.165) is 18.3 Å². The first-order valence-corrected chi connectivity index (χ1v) is 8.78. The van der Waals surface area contributed by atoms with Gasteiger partial charge in [-0.05, 0) is 44.1 Å². The first-order chi connectivity index (χ1) is 13.1. The van der Waals surface area contributed by atoms with Crippen molar-refractivity contribution in [1.82, 2.24) is 9.97 Å². The summed E-state index contributed by atoms with van der Waals surface area (Å²) in [5.74, 6) is -2.29. The lowest BCUT2D eigenvalue weighted by atomic mass is 9.77. The van der Waals surface area contributed by atoms with Crippen LogP contribution in [-0.4, -0.2) is 9.97 Å². The average Bonchev–Trinajstić information content (AvgIpc) is 2.62. The van der Waals surface area contributed by atoms with Gasteiger partial charge in [-0.1, -0.05) is 19.4 Å². The van der Waals surface area contributed by atoms with Crippen LogP contribution in [0.1, 0.15) is 44.9 Å². The van der Waals surface area contributed by atoms with Crippen LogP contribution in [0.5, 0.6) is 0 Å². The van der Waals surface area contributed by atoms with Crippen molar-refractivity contribution in [2.24, 2.45) is 11.5 Å². The summed E-state index contributed by atoms with van der Waals surface area (Å²) in [5.41, 5.74) is 17.2. The van der Waals surface area contributed by atoms with Gasteiger partial charge in [0, 0.05) is 11.4 Å². The number of rotatable bonds is 6. The van der Waals surface area contributed by atoms with Crippen LogP contribution in [0.15, 0.2) is 41.7 Å². The van der Waals surface area contributed by atoms with Gasteiger partial charge in [-0.3, -0.25) is 0 Å². The third kappa shape index (κ3) is 4.11. The predicted molar refractivity (Wildman–Crippen MR) is 104 cm³/mol. The molecular formula is C20H24F3N5. The van der Waals surface area contributed by atoms with Crippen molar-refractivity contribution in [2.45, 2.75) is 39.0 Å². The van der Waals surface area contributed by atoms with E-state index in [9.17, 15) is 13.2 Å². The molecule has 150 valence electrons. The molecule has 0 aliphatic heterocycles. The van der Waals surface area contributed by atoms with E-state index >= 15 is 0 Å². The third-order valence-electron chi connectivity index (χ3n) is 4.68. The van der Waals surface area contributed by atoms with Crippen LogP contribution in [0.4, 0.5) is 19.1 Å². The molecule has 0 saturated carbocycles. The number of hydrogen-bond acceptors (Lipinski definition) is 5. The van der Waals surface area contributed by atoms with Gasteiger partial charge in [0.25, 0.3) is 0 Å². The van der Waals surface area contributed by atoms with E-state index in [4.69, 9.17) is 17.2 Å². The second-order valence-electron chi connectivity index (χ2n) is 6.80. The van der Waals surface area contributed by atoms with Gasteiger partial charge in [-0.2, -0.15) is 0 Å². The Labute approximate surface area is 162 Å². The van der Waals surface area contributed by atoms with Crippen LogP contribution in [-0.2, 0) is 5.41 Å². The van der Waals surface area contributed by atoms with E-state index in [1.165, 1.54) is 12.1 Å². The molecule has 0 amide bonds. The van der Waals surface area contributed by atoms with Crippen molar-refractivity contribution < 1.29 is 13.2 Å². The van der Waals surface area contributed by atoms with Crippen molar-refractivity contribution in [3.63, 3.8) is 0 Å². The first kappa shape index (κ1) is 21.3. The minimum atomic E-state index is -1.01. The Morgan fingerprint density at radius 3 is 2.32 bits per heavy atom. The second kappa shape index (κ2) is 8.33. The molecule has 0 fully saturated rings. The number of halogens is 3. The molecule has 1 atom stereocenters. The van der Waals surface area contributed by atoms with Gasteiger partial charge in [0.05, 0.1) is 22.9 Å². The maximum Gasteiger partial charge on any atom is 0.220 e. The molecule has 1 aromatic carbocycles. The Balaban J connectivity index is 2.61. The van der Waals surface area contributed by atoms with Crippen LogP contribution in [0, 0.1) is 17.5 Å². The van der Waals surface area contributed by atoms with Gasteiger partial charge in [0.15, 0.2) is 5.82 Å². The fourth-order valence-electron chi connectivity index (χ4n) is 3.24. The molecule has 6 N–H and O–H groups in total. The molecule has 5 nitrogen and oxygen atoms in total. The second-order valence-corrected chi connectivity index (χ2v) is 6.80. The molecule has 0 saturated heterocycles. The van der Waals surface area contributed by atoms with Crippen LogP contribution in [0.25, 0.3) is 5.70 Å². The molecule has 0 radical (unpaired) electrons. The average molecular weight is 391 g/mol. The standard InChI is InChI=1S/C20H24F3N5/c1-4-8-20(3,18-14(23)10-27-19(26)28-18)17(25)11(2)9-15(24)16-12(21)6-5-7-13(16)22/h5-7,9-10H,4,8,24-25H2,1-3H3,(H2,26,27,28)/b15-9-,17-11-. The van der Waals surface area contributed by atoms with E-state index < -0.39 is 22.9 Å². The fourth-order valence-corrected chi connectivity index (χ4v) is 3.24. The van der Waals surface area contributed by atoms with E-state index in [1.807, 2.05) is 6.92 Å². The highest BCUT2D eigenvalue weighted by molar-refractivity contribution is 5.66. The van der Waals surface area contributed by atoms with E-state index in [2.05, 4.69) is 9.97 Å². The number of anilines is 1. The van der Waals surface area contributed by atoms with Gasteiger partial charge in [-0.15, -0.1) is 0 Å². The molecule has 8 heteroatoms. The number of nitrogens with zero attached hydrogens (tertiary/aromatic N) is 2. The van der Waals surface area contributed by atoms with Gasteiger partial charge in [0.2, 0.25) is 5.95 Å². The summed E-state index contributed by atoms with van der Waals surface area (Å²) >= 11 is 0. The fraction of sp³-hybridized carbons (Fsp3) is 0.300.